The number of pyridine rings is 1. The van der Waals surface area contributed by atoms with E-state index >= 15 is 0 Å². The van der Waals surface area contributed by atoms with Gasteiger partial charge in [-0.25, -0.2) is 13.8 Å². The second-order valence-electron chi connectivity index (χ2n) is 8.76. The third-order valence-electron chi connectivity index (χ3n) is 6.16. The number of hydrogen-bond donors (Lipinski definition) is 1. The maximum absolute atomic E-state index is 13.3. The highest BCUT2D eigenvalue weighted by Crippen LogP contribution is 2.23. The summed E-state index contributed by atoms with van der Waals surface area (Å²) >= 11 is 0. The van der Waals surface area contributed by atoms with Gasteiger partial charge < -0.3 is 4.57 Å². The van der Waals surface area contributed by atoms with Crippen molar-refractivity contribution in [3.05, 3.63) is 107 Å². The number of nitrogens with one attached hydrogen (secondary N) is 1. The zero-order chi connectivity index (χ0) is 26.6. The first-order valence-corrected chi connectivity index (χ1v) is 13.2. The maximum Gasteiger partial charge on any atom is 0.264 e. The number of carbonyl (C=O) groups is 1. The van der Waals surface area contributed by atoms with Gasteiger partial charge in [-0.3, -0.25) is 14.1 Å². The normalized spacial score (nSPS) is 11.6. The molecule has 0 saturated heterocycles. The van der Waals surface area contributed by atoms with E-state index in [0.717, 1.165) is 26.9 Å². The van der Waals surface area contributed by atoms with Gasteiger partial charge in [0.2, 0.25) is 0 Å². The number of benzene rings is 2. The summed E-state index contributed by atoms with van der Waals surface area (Å²) in [6, 6.07) is 19.5. The molecule has 2 aromatic carbocycles. The van der Waals surface area contributed by atoms with Gasteiger partial charge in [0.05, 0.1) is 23.0 Å². The van der Waals surface area contributed by atoms with E-state index in [4.69, 9.17) is 0 Å². The standard InChI is InChI=1S/C28H29N5O3S/c1-20-12-13-25(15-21(20)2)33-22(3)16-24(23(33)4)17-30-31-28(34)19-32(26-9-8-14-29-18-26)37(35,36)27-10-6-5-7-11-27/h5-18H,19H2,1-4H3,(H,31,34)/b30-17-. The van der Waals surface area contributed by atoms with E-state index in [-0.39, 0.29) is 10.6 Å². The zero-order valence-electron chi connectivity index (χ0n) is 21.2. The second kappa shape index (κ2) is 10.8. The summed E-state index contributed by atoms with van der Waals surface area (Å²) in [4.78, 5) is 16.9. The molecule has 2 heterocycles. The van der Waals surface area contributed by atoms with E-state index < -0.39 is 22.5 Å². The van der Waals surface area contributed by atoms with Crippen LogP contribution >= 0.6 is 0 Å². The Bertz CT molecular complexity index is 1550. The molecule has 0 bridgehead atoms. The molecule has 0 aliphatic rings. The lowest BCUT2D eigenvalue weighted by atomic mass is 10.1. The van der Waals surface area contributed by atoms with Gasteiger partial charge in [0.25, 0.3) is 15.9 Å². The molecule has 0 saturated carbocycles. The Balaban J connectivity index is 1.53. The maximum atomic E-state index is 13.3. The Hall–Kier alpha value is -4.24. The molecule has 2 aromatic heterocycles. The quantitative estimate of drug-likeness (QED) is 0.277. The van der Waals surface area contributed by atoms with Crippen LogP contribution in [0.2, 0.25) is 0 Å². The number of aromatic nitrogens is 2. The molecule has 4 aromatic rings. The number of sulfonamides is 1. The molecule has 0 atom stereocenters. The summed E-state index contributed by atoms with van der Waals surface area (Å²) < 4.78 is 29.8. The van der Waals surface area contributed by atoms with E-state index in [1.54, 1.807) is 36.5 Å². The summed E-state index contributed by atoms with van der Waals surface area (Å²) in [7, 11) is -4.00. The fourth-order valence-corrected chi connectivity index (χ4v) is 5.48. The molecule has 1 amide bonds. The van der Waals surface area contributed by atoms with Gasteiger partial charge in [-0.1, -0.05) is 24.3 Å². The molecule has 190 valence electrons. The zero-order valence-corrected chi connectivity index (χ0v) is 22.0. The predicted octanol–water partition coefficient (Wildman–Crippen LogP) is 4.45. The van der Waals surface area contributed by atoms with E-state index in [2.05, 4.69) is 52.1 Å². The third kappa shape index (κ3) is 5.62. The lowest BCUT2D eigenvalue weighted by Gasteiger charge is -2.23. The molecule has 8 nitrogen and oxygen atoms in total. The molecular weight excluding hydrogens is 486 g/mol. The van der Waals surface area contributed by atoms with Crippen LogP contribution in [-0.2, 0) is 14.8 Å². The van der Waals surface area contributed by atoms with Gasteiger partial charge in [-0.15, -0.1) is 0 Å². The molecule has 37 heavy (non-hydrogen) atoms. The third-order valence-corrected chi connectivity index (χ3v) is 7.95. The summed E-state index contributed by atoms with van der Waals surface area (Å²) in [5, 5.41) is 4.11. The monoisotopic (exact) mass is 515 g/mol. The average molecular weight is 516 g/mol. The number of aryl methyl sites for hydroxylation is 3. The molecule has 0 aliphatic heterocycles. The van der Waals surface area contributed by atoms with Crippen LogP contribution in [0.25, 0.3) is 5.69 Å². The smallest absolute Gasteiger partial charge is 0.264 e. The minimum absolute atomic E-state index is 0.0777. The van der Waals surface area contributed by atoms with Gasteiger partial charge in [0, 0.05) is 28.8 Å². The van der Waals surface area contributed by atoms with Crippen molar-refractivity contribution in [2.75, 3.05) is 10.8 Å². The van der Waals surface area contributed by atoms with Gasteiger partial charge in [-0.05, 0) is 81.3 Å². The molecule has 0 fully saturated rings. The SMILES string of the molecule is Cc1ccc(-n2c(C)cc(/C=N\NC(=O)CN(c3cccnc3)S(=O)(=O)c3ccccc3)c2C)cc1C. The second-order valence-corrected chi connectivity index (χ2v) is 10.6. The van der Waals surface area contributed by atoms with Crippen molar-refractivity contribution in [1.29, 1.82) is 0 Å². The van der Waals surface area contributed by atoms with E-state index in [1.165, 1.54) is 35.7 Å². The lowest BCUT2D eigenvalue weighted by Crippen LogP contribution is -2.39. The van der Waals surface area contributed by atoms with Crippen molar-refractivity contribution < 1.29 is 13.2 Å². The Labute approximate surface area is 217 Å². The van der Waals surface area contributed by atoms with Gasteiger partial charge in [0.1, 0.15) is 6.54 Å². The Morgan fingerprint density at radius 3 is 2.43 bits per heavy atom. The number of amides is 1. The van der Waals surface area contributed by atoms with Crippen LogP contribution in [0.1, 0.15) is 28.1 Å². The summed E-state index contributed by atoms with van der Waals surface area (Å²) in [5.41, 5.74) is 9.08. The summed E-state index contributed by atoms with van der Waals surface area (Å²) in [5.74, 6) is -0.581. The molecule has 0 spiro atoms. The van der Waals surface area contributed by atoms with Gasteiger partial charge in [-0.2, -0.15) is 5.10 Å². The molecule has 1 N–H and O–H groups in total. The number of rotatable bonds is 8. The van der Waals surface area contributed by atoms with Crippen molar-refractivity contribution in [3.63, 3.8) is 0 Å². The molecule has 0 unspecified atom stereocenters. The number of nitrogens with zero attached hydrogens (tertiary/aromatic N) is 4. The van der Waals surface area contributed by atoms with E-state index in [1.807, 2.05) is 19.9 Å². The average Bonchev–Trinajstić information content (AvgIpc) is 3.17. The first-order valence-electron chi connectivity index (χ1n) is 11.7. The van der Waals surface area contributed by atoms with Crippen molar-refractivity contribution in [1.82, 2.24) is 15.0 Å². The van der Waals surface area contributed by atoms with Gasteiger partial charge in [0.15, 0.2) is 0 Å². The molecule has 9 heteroatoms. The number of carbonyl (C=O) groups excluding carboxylic acids is 1. The van der Waals surface area contributed by atoms with Crippen molar-refractivity contribution in [3.8, 4) is 5.69 Å². The van der Waals surface area contributed by atoms with Crippen molar-refractivity contribution >= 4 is 27.8 Å². The van der Waals surface area contributed by atoms with Crippen LogP contribution in [0.5, 0.6) is 0 Å². The minimum atomic E-state index is -4.00. The Kier molecular flexibility index (Phi) is 7.54. The minimum Gasteiger partial charge on any atom is -0.318 e. The Morgan fingerprint density at radius 2 is 1.76 bits per heavy atom. The van der Waals surface area contributed by atoms with Crippen LogP contribution in [0.4, 0.5) is 5.69 Å². The van der Waals surface area contributed by atoms with Crippen molar-refractivity contribution in [2.24, 2.45) is 5.10 Å². The Morgan fingerprint density at radius 1 is 1.00 bits per heavy atom. The predicted molar refractivity (Wildman–Crippen MR) is 146 cm³/mol. The first-order chi connectivity index (χ1) is 17.7. The summed E-state index contributed by atoms with van der Waals surface area (Å²) in [6.45, 7) is 7.70. The van der Waals surface area contributed by atoms with Crippen LogP contribution < -0.4 is 9.73 Å². The fraction of sp³-hybridized carbons (Fsp3) is 0.179. The molecule has 0 radical (unpaired) electrons. The van der Waals surface area contributed by atoms with Gasteiger partial charge >= 0.3 is 0 Å². The van der Waals surface area contributed by atoms with Crippen LogP contribution in [-0.4, -0.2) is 36.6 Å². The van der Waals surface area contributed by atoms with Crippen LogP contribution in [0, 0.1) is 27.7 Å². The molecule has 0 aliphatic carbocycles. The van der Waals surface area contributed by atoms with E-state index in [0.29, 0.717) is 0 Å². The van der Waals surface area contributed by atoms with Crippen LogP contribution in [0.3, 0.4) is 0 Å². The topological polar surface area (TPSA) is 96.7 Å². The lowest BCUT2D eigenvalue weighted by molar-refractivity contribution is -0.119. The molecule has 4 rings (SSSR count). The molecular formula is C28H29N5O3S. The van der Waals surface area contributed by atoms with E-state index in [9.17, 15) is 13.2 Å². The first kappa shape index (κ1) is 25.8. The highest BCUT2D eigenvalue weighted by Gasteiger charge is 2.27. The van der Waals surface area contributed by atoms with Crippen LogP contribution in [0.15, 0.2) is 89.1 Å². The summed E-state index contributed by atoms with van der Waals surface area (Å²) in [6.07, 6.45) is 4.51. The van der Waals surface area contributed by atoms with Crippen molar-refractivity contribution in [2.45, 2.75) is 32.6 Å². The number of anilines is 1. The number of hydrazone groups is 1. The highest BCUT2D eigenvalue weighted by molar-refractivity contribution is 7.92. The largest absolute Gasteiger partial charge is 0.318 e. The fourth-order valence-electron chi connectivity index (χ4n) is 4.06. The highest BCUT2D eigenvalue weighted by atomic mass is 32.2. The number of hydrogen-bond acceptors (Lipinski definition) is 5.